The highest BCUT2D eigenvalue weighted by Gasteiger charge is 2.07. The van der Waals surface area contributed by atoms with Crippen molar-refractivity contribution in [3.05, 3.63) is 35.9 Å². The molecule has 0 heterocycles. The van der Waals surface area contributed by atoms with Crippen molar-refractivity contribution in [1.82, 2.24) is 0 Å². The molecule has 0 bridgehead atoms. The minimum Gasteiger partial charge on any atom is -0.507 e. The summed E-state index contributed by atoms with van der Waals surface area (Å²) >= 11 is 0. The van der Waals surface area contributed by atoms with Gasteiger partial charge >= 0.3 is 0 Å². The first kappa shape index (κ1) is 8.56. The molecule has 0 radical (unpaired) electrons. The molecule has 0 spiro atoms. The first-order valence-electron chi connectivity index (χ1n) is 4.13. The zero-order valence-corrected chi connectivity index (χ0v) is 7.27. The van der Waals surface area contributed by atoms with E-state index in [2.05, 4.69) is 0 Å². The molecule has 3 heteroatoms. The van der Waals surface area contributed by atoms with E-state index >= 15 is 0 Å². The largest absolute Gasteiger partial charge is 0.507 e. The topological polar surface area (TPSA) is 57.5 Å². The summed E-state index contributed by atoms with van der Waals surface area (Å²) in [5.74, 6) is 0.0574. The lowest BCUT2D eigenvalue weighted by Crippen LogP contribution is -1.84. The molecule has 2 aromatic rings. The number of carbonyl (C=O) groups excluding carboxylic acids is 1. The van der Waals surface area contributed by atoms with Gasteiger partial charge in [0.25, 0.3) is 0 Å². The van der Waals surface area contributed by atoms with Crippen molar-refractivity contribution in [1.29, 1.82) is 0 Å². The van der Waals surface area contributed by atoms with E-state index < -0.39 is 0 Å². The average Bonchev–Trinajstić information content (AvgIpc) is 2.20. The van der Waals surface area contributed by atoms with E-state index in [-0.39, 0.29) is 11.5 Å². The lowest BCUT2D eigenvalue weighted by atomic mass is 10.0. The van der Waals surface area contributed by atoms with E-state index in [0.29, 0.717) is 22.6 Å². The van der Waals surface area contributed by atoms with Crippen LogP contribution in [0, 0.1) is 0 Å². The lowest BCUT2D eigenvalue weighted by Gasteiger charge is -2.04. The molecular weight excluding hydrogens is 180 g/mol. The third kappa shape index (κ3) is 1.10. The lowest BCUT2D eigenvalue weighted by molar-refractivity contribution is 0.112. The maximum atomic E-state index is 10.7. The van der Waals surface area contributed by atoms with Crippen LogP contribution in [0.3, 0.4) is 0 Å². The Kier molecular flexibility index (Phi) is 1.85. The summed E-state index contributed by atoms with van der Waals surface area (Å²) < 4.78 is 0. The van der Waals surface area contributed by atoms with Crippen LogP contribution in [0.25, 0.3) is 10.8 Å². The molecule has 3 nitrogen and oxygen atoms in total. The summed E-state index contributed by atoms with van der Waals surface area (Å²) in [4.78, 5) is 10.7. The molecule has 0 saturated heterocycles. The van der Waals surface area contributed by atoms with Gasteiger partial charge in [-0.2, -0.15) is 0 Å². The minimum absolute atomic E-state index is 0.000463. The van der Waals surface area contributed by atoms with Gasteiger partial charge in [-0.1, -0.05) is 12.1 Å². The monoisotopic (exact) mass is 188 g/mol. The highest BCUT2D eigenvalue weighted by Crippen LogP contribution is 2.32. The Hall–Kier alpha value is -2.03. The Labute approximate surface area is 80.2 Å². The van der Waals surface area contributed by atoms with Crippen LogP contribution in [0.4, 0.5) is 0 Å². The van der Waals surface area contributed by atoms with E-state index in [1.54, 1.807) is 12.1 Å². The SMILES string of the molecule is O=Cc1ccc(O)c2cccc(O)c12. The fraction of sp³-hybridized carbons (Fsp3) is 0. The van der Waals surface area contributed by atoms with Crippen molar-refractivity contribution in [2.45, 2.75) is 0 Å². The van der Waals surface area contributed by atoms with Crippen LogP contribution in [0.2, 0.25) is 0 Å². The van der Waals surface area contributed by atoms with Crippen LogP contribution < -0.4 is 0 Å². The molecule has 0 aliphatic carbocycles. The highest BCUT2D eigenvalue weighted by atomic mass is 16.3. The molecule has 0 aliphatic heterocycles. The molecule has 2 rings (SSSR count). The number of benzene rings is 2. The quantitative estimate of drug-likeness (QED) is 0.673. The van der Waals surface area contributed by atoms with E-state index in [1.165, 1.54) is 18.2 Å². The van der Waals surface area contributed by atoms with E-state index in [1.807, 2.05) is 0 Å². The normalized spacial score (nSPS) is 10.3. The van der Waals surface area contributed by atoms with Gasteiger partial charge in [-0.05, 0) is 18.2 Å². The third-order valence-electron chi connectivity index (χ3n) is 2.15. The molecule has 0 amide bonds. The summed E-state index contributed by atoms with van der Waals surface area (Å²) in [5, 5.41) is 19.9. The maximum Gasteiger partial charge on any atom is 0.150 e. The van der Waals surface area contributed by atoms with Gasteiger partial charge in [0.15, 0.2) is 6.29 Å². The summed E-state index contributed by atoms with van der Waals surface area (Å²) in [7, 11) is 0. The predicted octanol–water partition coefficient (Wildman–Crippen LogP) is 2.06. The van der Waals surface area contributed by atoms with Crippen LogP contribution >= 0.6 is 0 Å². The summed E-state index contributed by atoms with van der Waals surface area (Å²) in [5.41, 5.74) is 0.371. The first-order valence-corrected chi connectivity index (χ1v) is 4.13. The average molecular weight is 188 g/mol. The number of carbonyl (C=O) groups is 1. The Morgan fingerprint density at radius 1 is 1.00 bits per heavy atom. The van der Waals surface area contributed by atoms with Gasteiger partial charge in [-0.15, -0.1) is 0 Å². The zero-order chi connectivity index (χ0) is 10.1. The second-order valence-corrected chi connectivity index (χ2v) is 2.99. The molecule has 0 aromatic heterocycles. The third-order valence-corrected chi connectivity index (χ3v) is 2.15. The minimum atomic E-state index is 0.000463. The van der Waals surface area contributed by atoms with Crippen LogP contribution in [0.1, 0.15) is 10.4 Å². The number of aldehydes is 1. The Morgan fingerprint density at radius 2 is 1.79 bits per heavy atom. The Morgan fingerprint density at radius 3 is 2.50 bits per heavy atom. The number of phenolic OH excluding ortho intramolecular Hbond substituents is 2. The molecular formula is C11H8O3. The highest BCUT2D eigenvalue weighted by molar-refractivity contribution is 6.04. The van der Waals surface area contributed by atoms with Crippen LogP contribution in [0.15, 0.2) is 30.3 Å². The summed E-state index contributed by atoms with van der Waals surface area (Å²) in [6.45, 7) is 0. The second-order valence-electron chi connectivity index (χ2n) is 2.99. The molecule has 2 N–H and O–H groups in total. The van der Waals surface area contributed by atoms with Crippen LogP contribution in [-0.4, -0.2) is 16.5 Å². The smallest absolute Gasteiger partial charge is 0.150 e. The molecule has 70 valence electrons. The van der Waals surface area contributed by atoms with Gasteiger partial charge in [0.2, 0.25) is 0 Å². The van der Waals surface area contributed by atoms with Crippen molar-refractivity contribution >= 4 is 17.1 Å². The standard InChI is InChI=1S/C11H8O3/c12-6-7-4-5-9(13)8-2-1-3-10(14)11(7)8/h1-6,13-14H. The van der Waals surface area contributed by atoms with Crippen molar-refractivity contribution in [2.24, 2.45) is 0 Å². The Bertz CT molecular complexity index is 503. The number of hydrogen-bond donors (Lipinski definition) is 2. The molecule has 0 unspecified atom stereocenters. The fourth-order valence-corrected chi connectivity index (χ4v) is 1.50. The molecule has 2 aromatic carbocycles. The summed E-state index contributed by atoms with van der Waals surface area (Å²) in [6.07, 6.45) is 0.654. The van der Waals surface area contributed by atoms with Gasteiger partial charge in [0, 0.05) is 16.3 Å². The number of rotatable bonds is 1. The van der Waals surface area contributed by atoms with Gasteiger partial charge < -0.3 is 10.2 Å². The fourth-order valence-electron chi connectivity index (χ4n) is 1.50. The molecule has 0 atom stereocenters. The zero-order valence-electron chi connectivity index (χ0n) is 7.27. The van der Waals surface area contributed by atoms with Crippen molar-refractivity contribution in [3.8, 4) is 11.5 Å². The molecule has 0 saturated carbocycles. The molecule has 14 heavy (non-hydrogen) atoms. The number of phenols is 2. The van der Waals surface area contributed by atoms with Gasteiger partial charge in [0.05, 0.1) is 0 Å². The first-order chi connectivity index (χ1) is 6.74. The Balaban J connectivity index is 2.99. The number of fused-ring (bicyclic) bond motifs is 1. The van der Waals surface area contributed by atoms with Crippen molar-refractivity contribution < 1.29 is 15.0 Å². The number of hydrogen-bond acceptors (Lipinski definition) is 3. The molecule has 0 aliphatic rings. The van der Waals surface area contributed by atoms with Crippen molar-refractivity contribution in [3.63, 3.8) is 0 Å². The van der Waals surface area contributed by atoms with E-state index in [4.69, 9.17) is 0 Å². The second kappa shape index (κ2) is 3.03. The summed E-state index contributed by atoms with van der Waals surface area (Å²) in [6, 6.07) is 7.66. The van der Waals surface area contributed by atoms with Crippen molar-refractivity contribution in [2.75, 3.05) is 0 Å². The van der Waals surface area contributed by atoms with Gasteiger partial charge in [-0.3, -0.25) is 4.79 Å². The van der Waals surface area contributed by atoms with Crippen LogP contribution in [0.5, 0.6) is 11.5 Å². The van der Waals surface area contributed by atoms with E-state index in [9.17, 15) is 15.0 Å². The maximum absolute atomic E-state index is 10.7. The van der Waals surface area contributed by atoms with E-state index in [0.717, 1.165) is 0 Å². The van der Waals surface area contributed by atoms with Gasteiger partial charge in [0.1, 0.15) is 11.5 Å². The number of aromatic hydroxyl groups is 2. The van der Waals surface area contributed by atoms with Gasteiger partial charge in [-0.25, -0.2) is 0 Å². The molecule has 0 fully saturated rings. The predicted molar refractivity (Wildman–Crippen MR) is 52.7 cm³/mol. The van der Waals surface area contributed by atoms with Crippen LogP contribution in [-0.2, 0) is 0 Å².